The highest BCUT2D eigenvalue weighted by Gasteiger charge is 2.32. The van der Waals surface area contributed by atoms with Gasteiger partial charge in [0.1, 0.15) is 0 Å². The van der Waals surface area contributed by atoms with E-state index in [0.29, 0.717) is 26.2 Å². The van der Waals surface area contributed by atoms with Crippen LogP contribution in [0.5, 0.6) is 0 Å². The Morgan fingerprint density at radius 3 is 2.18 bits per heavy atom. The highest BCUT2D eigenvalue weighted by atomic mass is 32.2. The molecule has 1 amide bonds. The monoisotopic (exact) mass is 261 g/mol. The van der Waals surface area contributed by atoms with Crippen molar-refractivity contribution in [3.63, 3.8) is 0 Å². The summed E-state index contributed by atoms with van der Waals surface area (Å²) in [5, 5.41) is 2.64. The molecule has 0 aromatic heterocycles. The number of hydrogen-bond acceptors (Lipinski definition) is 3. The quantitative estimate of drug-likeness (QED) is 0.731. The van der Waals surface area contributed by atoms with Gasteiger partial charge in [0, 0.05) is 26.2 Å². The van der Waals surface area contributed by atoms with Crippen LogP contribution >= 0.6 is 0 Å². The molecule has 6 nitrogen and oxygen atoms in total. The van der Waals surface area contributed by atoms with E-state index in [1.54, 1.807) is 0 Å². The summed E-state index contributed by atoms with van der Waals surface area (Å²) in [7, 11) is -3.44. The number of carbonyl (C=O) groups excluding carboxylic acids is 1. The molecule has 2 rings (SSSR count). The Hall–Kier alpha value is -0.660. The van der Waals surface area contributed by atoms with Crippen LogP contribution in [0.25, 0.3) is 0 Å². The van der Waals surface area contributed by atoms with Crippen molar-refractivity contribution in [2.24, 2.45) is 0 Å². The lowest BCUT2D eigenvalue weighted by molar-refractivity contribution is -0.122. The maximum absolute atomic E-state index is 12.3. The standard InChI is InChI=1S/C10H19N3O3S/c14-10-9-13(8-5-11-10)17(15,16)12-6-3-1-2-4-7-12/h1-9H2,(H,11,14). The van der Waals surface area contributed by atoms with Crippen molar-refractivity contribution in [3.05, 3.63) is 0 Å². The van der Waals surface area contributed by atoms with Gasteiger partial charge in [-0.1, -0.05) is 12.8 Å². The molecule has 7 heteroatoms. The number of nitrogens with one attached hydrogen (secondary N) is 1. The average molecular weight is 261 g/mol. The number of rotatable bonds is 2. The molecule has 0 aromatic carbocycles. The van der Waals surface area contributed by atoms with Crippen LogP contribution in [-0.2, 0) is 15.0 Å². The van der Waals surface area contributed by atoms with Gasteiger partial charge in [-0.15, -0.1) is 0 Å². The molecule has 2 fully saturated rings. The molecule has 98 valence electrons. The Balaban J connectivity index is 2.08. The maximum atomic E-state index is 12.3. The third-order valence-electron chi connectivity index (χ3n) is 3.22. The van der Waals surface area contributed by atoms with Crippen LogP contribution in [0.3, 0.4) is 0 Å². The van der Waals surface area contributed by atoms with E-state index in [4.69, 9.17) is 0 Å². The Morgan fingerprint density at radius 1 is 0.941 bits per heavy atom. The van der Waals surface area contributed by atoms with Gasteiger partial charge in [-0.3, -0.25) is 4.79 Å². The van der Waals surface area contributed by atoms with Crippen molar-refractivity contribution in [1.82, 2.24) is 13.9 Å². The molecule has 2 aliphatic heterocycles. The van der Waals surface area contributed by atoms with Crippen molar-refractivity contribution in [3.8, 4) is 0 Å². The molecule has 2 aliphatic rings. The first kappa shape index (κ1) is 12.8. The Labute approximate surface area is 102 Å². The van der Waals surface area contributed by atoms with Crippen molar-refractivity contribution in [1.29, 1.82) is 0 Å². The highest BCUT2D eigenvalue weighted by Crippen LogP contribution is 2.16. The third-order valence-corrected chi connectivity index (χ3v) is 5.20. The van der Waals surface area contributed by atoms with Gasteiger partial charge in [-0.05, 0) is 12.8 Å². The summed E-state index contributed by atoms with van der Waals surface area (Å²) in [6.45, 7) is 1.91. The van der Waals surface area contributed by atoms with Crippen LogP contribution in [0.15, 0.2) is 0 Å². The second kappa shape index (κ2) is 5.32. The van der Waals surface area contributed by atoms with E-state index in [9.17, 15) is 13.2 Å². The Kier molecular flexibility index (Phi) is 4.01. The average Bonchev–Trinajstić information content (AvgIpc) is 2.58. The molecule has 17 heavy (non-hydrogen) atoms. The fourth-order valence-corrected chi connectivity index (χ4v) is 3.90. The number of nitrogens with zero attached hydrogens (tertiary/aromatic N) is 2. The van der Waals surface area contributed by atoms with E-state index in [1.165, 1.54) is 8.61 Å². The lowest BCUT2D eigenvalue weighted by Gasteiger charge is -2.31. The van der Waals surface area contributed by atoms with Crippen LogP contribution in [0, 0.1) is 0 Å². The second-order valence-corrected chi connectivity index (χ2v) is 6.43. The topological polar surface area (TPSA) is 69.7 Å². The molecule has 0 unspecified atom stereocenters. The van der Waals surface area contributed by atoms with E-state index >= 15 is 0 Å². The van der Waals surface area contributed by atoms with E-state index in [1.807, 2.05) is 0 Å². The summed E-state index contributed by atoms with van der Waals surface area (Å²) in [6, 6.07) is 0. The summed E-state index contributed by atoms with van der Waals surface area (Å²) in [4.78, 5) is 11.2. The van der Waals surface area contributed by atoms with E-state index in [2.05, 4.69) is 5.32 Å². The largest absolute Gasteiger partial charge is 0.354 e. The summed E-state index contributed by atoms with van der Waals surface area (Å²) < 4.78 is 27.4. The normalized spacial score (nSPS) is 25.3. The SMILES string of the molecule is O=C1CN(S(=O)(=O)N2CCCCCC2)CCN1. The van der Waals surface area contributed by atoms with Crippen LogP contribution in [0.4, 0.5) is 0 Å². The fraction of sp³-hybridized carbons (Fsp3) is 0.900. The lowest BCUT2D eigenvalue weighted by atomic mass is 10.2. The minimum Gasteiger partial charge on any atom is -0.354 e. The Morgan fingerprint density at radius 2 is 1.59 bits per heavy atom. The van der Waals surface area contributed by atoms with Crippen LogP contribution in [0.1, 0.15) is 25.7 Å². The van der Waals surface area contributed by atoms with Crippen LogP contribution in [-0.4, -0.2) is 55.7 Å². The summed E-state index contributed by atoms with van der Waals surface area (Å²) >= 11 is 0. The van der Waals surface area contributed by atoms with Gasteiger partial charge in [-0.2, -0.15) is 17.0 Å². The molecule has 0 atom stereocenters. The highest BCUT2D eigenvalue weighted by molar-refractivity contribution is 7.86. The zero-order valence-corrected chi connectivity index (χ0v) is 10.7. The van der Waals surface area contributed by atoms with Crippen molar-refractivity contribution in [2.45, 2.75) is 25.7 Å². The van der Waals surface area contributed by atoms with Gasteiger partial charge in [0.2, 0.25) is 5.91 Å². The number of amides is 1. The van der Waals surface area contributed by atoms with E-state index in [0.717, 1.165) is 25.7 Å². The number of carbonyl (C=O) groups is 1. The van der Waals surface area contributed by atoms with Gasteiger partial charge < -0.3 is 5.32 Å². The van der Waals surface area contributed by atoms with Gasteiger partial charge in [0.05, 0.1) is 6.54 Å². The fourth-order valence-electron chi connectivity index (χ4n) is 2.25. The van der Waals surface area contributed by atoms with Gasteiger partial charge in [-0.25, -0.2) is 0 Å². The minimum absolute atomic E-state index is 0.0428. The van der Waals surface area contributed by atoms with Crippen molar-refractivity contribution < 1.29 is 13.2 Å². The molecule has 0 aromatic rings. The van der Waals surface area contributed by atoms with Crippen LogP contribution in [0.2, 0.25) is 0 Å². The maximum Gasteiger partial charge on any atom is 0.282 e. The van der Waals surface area contributed by atoms with E-state index in [-0.39, 0.29) is 12.5 Å². The first-order chi connectivity index (χ1) is 8.10. The smallest absolute Gasteiger partial charge is 0.282 e. The van der Waals surface area contributed by atoms with E-state index < -0.39 is 10.2 Å². The molecular formula is C10H19N3O3S. The number of hydrogen-bond donors (Lipinski definition) is 1. The van der Waals surface area contributed by atoms with Gasteiger partial charge in [0.25, 0.3) is 10.2 Å². The Bertz CT molecular complexity index is 374. The molecule has 2 heterocycles. The molecule has 0 saturated carbocycles. The predicted octanol–water partition coefficient (Wildman–Crippen LogP) is -0.461. The second-order valence-electron chi connectivity index (χ2n) is 4.50. The molecular weight excluding hydrogens is 242 g/mol. The zero-order chi connectivity index (χ0) is 12.3. The van der Waals surface area contributed by atoms with Gasteiger partial charge >= 0.3 is 0 Å². The van der Waals surface area contributed by atoms with Crippen LogP contribution < -0.4 is 5.32 Å². The number of piperazine rings is 1. The molecule has 0 aliphatic carbocycles. The summed E-state index contributed by atoms with van der Waals surface area (Å²) in [5.74, 6) is -0.213. The molecule has 2 saturated heterocycles. The zero-order valence-electron chi connectivity index (χ0n) is 9.89. The lowest BCUT2D eigenvalue weighted by Crippen LogP contribution is -2.54. The summed E-state index contributed by atoms with van der Waals surface area (Å²) in [6.07, 6.45) is 4.01. The van der Waals surface area contributed by atoms with Gasteiger partial charge in [0.15, 0.2) is 0 Å². The molecule has 1 N–H and O–H groups in total. The minimum atomic E-state index is -3.44. The molecule has 0 bridgehead atoms. The molecule has 0 radical (unpaired) electrons. The van der Waals surface area contributed by atoms with Crippen molar-refractivity contribution >= 4 is 16.1 Å². The predicted molar refractivity (Wildman–Crippen MR) is 63.5 cm³/mol. The third kappa shape index (κ3) is 2.97. The first-order valence-electron chi connectivity index (χ1n) is 6.12. The molecule has 0 spiro atoms. The van der Waals surface area contributed by atoms with Crippen molar-refractivity contribution in [2.75, 3.05) is 32.7 Å². The summed E-state index contributed by atoms with van der Waals surface area (Å²) in [5.41, 5.74) is 0. The first-order valence-corrected chi connectivity index (χ1v) is 7.52.